The van der Waals surface area contributed by atoms with Gasteiger partial charge in [0.2, 0.25) is 0 Å². The van der Waals surface area contributed by atoms with Gasteiger partial charge in [0.05, 0.1) is 0 Å². The normalized spacial score (nSPS) is 17.9. The van der Waals surface area contributed by atoms with E-state index in [0.29, 0.717) is 6.04 Å². The van der Waals surface area contributed by atoms with Crippen LogP contribution in [0.15, 0.2) is 18.2 Å². The standard InChI is InChI=1S/C18H30N2/c1-14-9-15(2)11-17(10-14)18(19-3)13-20(4)12-16-7-5-6-8-16/h9-11,16,18-19H,5-8,12-13H2,1-4H3. The van der Waals surface area contributed by atoms with E-state index in [1.165, 1.54) is 48.9 Å². The topological polar surface area (TPSA) is 15.3 Å². The van der Waals surface area contributed by atoms with Crippen molar-refractivity contribution in [1.29, 1.82) is 0 Å². The Morgan fingerprint density at radius 2 is 1.75 bits per heavy atom. The number of nitrogens with zero attached hydrogens (tertiary/aromatic N) is 1. The van der Waals surface area contributed by atoms with Crippen molar-refractivity contribution < 1.29 is 0 Å². The van der Waals surface area contributed by atoms with Crippen molar-refractivity contribution in [2.75, 3.05) is 27.2 Å². The van der Waals surface area contributed by atoms with E-state index in [4.69, 9.17) is 0 Å². The molecule has 1 unspecified atom stereocenters. The molecule has 0 aromatic heterocycles. The van der Waals surface area contributed by atoms with Crippen molar-refractivity contribution in [3.63, 3.8) is 0 Å². The van der Waals surface area contributed by atoms with Gasteiger partial charge >= 0.3 is 0 Å². The largest absolute Gasteiger partial charge is 0.312 e. The second-order valence-corrected chi connectivity index (χ2v) is 6.63. The average molecular weight is 274 g/mol. The van der Waals surface area contributed by atoms with Crippen LogP contribution < -0.4 is 5.32 Å². The third-order valence-corrected chi connectivity index (χ3v) is 4.53. The van der Waals surface area contributed by atoms with Gasteiger partial charge in [0.15, 0.2) is 0 Å². The zero-order chi connectivity index (χ0) is 14.5. The van der Waals surface area contributed by atoms with Gasteiger partial charge in [0.1, 0.15) is 0 Å². The van der Waals surface area contributed by atoms with Gasteiger partial charge < -0.3 is 10.2 Å². The lowest BCUT2D eigenvalue weighted by molar-refractivity contribution is 0.253. The molecule has 2 nitrogen and oxygen atoms in total. The molecule has 1 N–H and O–H groups in total. The first-order valence-electron chi connectivity index (χ1n) is 8.02. The minimum absolute atomic E-state index is 0.431. The summed E-state index contributed by atoms with van der Waals surface area (Å²) in [6, 6.07) is 7.31. The maximum Gasteiger partial charge on any atom is 0.0446 e. The predicted octanol–water partition coefficient (Wildman–Crippen LogP) is 3.69. The molecule has 1 aromatic rings. The summed E-state index contributed by atoms with van der Waals surface area (Å²) in [5.74, 6) is 0.928. The molecule has 0 saturated heterocycles. The fraction of sp³-hybridized carbons (Fsp3) is 0.667. The summed E-state index contributed by atoms with van der Waals surface area (Å²) in [5, 5.41) is 3.49. The lowest BCUT2D eigenvalue weighted by Crippen LogP contribution is -2.34. The Balaban J connectivity index is 1.96. The van der Waals surface area contributed by atoms with Crippen LogP contribution in [0.4, 0.5) is 0 Å². The van der Waals surface area contributed by atoms with Gasteiger partial charge in [-0.3, -0.25) is 0 Å². The van der Waals surface area contributed by atoms with Gasteiger partial charge in [-0.25, -0.2) is 0 Å². The van der Waals surface area contributed by atoms with Crippen molar-refractivity contribution in [1.82, 2.24) is 10.2 Å². The third kappa shape index (κ3) is 4.32. The van der Waals surface area contributed by atoms with Crippen LogP contribution in [0.5, 0.6) is 0 Å². The van der Waals surface area contributed by atoms with E-state index in [1.807, 2.05) is 0 Å². The van der Waals surface area contributed by atoms with Crippen LogP contribution in [0, 0.1) is 19.8 Å². The van der Waals surface area contributed by atoms with E-state index >= 15 is 0 Å². The molecule has 2 heteroatoms. The number of likely N-dealkylation sites (N-methyl/N-ethyl adjacent to an activating group) is 2. The Morgan fingerprint density at radius 1 is 1.15 bits per heavy atom. The molecule has 20 heavy (non-hydrogen) atoms. The van der Waals surface area contributed by atoms with Gasteiger partial charge in [0, 0.05) is 19.1 Å². The lowest BCUT2D eigenvalue weighted by Gasteiger charge is -2.26. The number of rotatable bonds is 6. The summed E-state index contributed by atoms with van der Waals surface area (Å²) in [6.45, 7) is 6.72. The molecular weight excluding hydrogens is 244 g/mol. The van der Waals surface area contributed by atoms with Crippen LogP contribution in [0.2, 0.25) is 0 Å². The van der Waals surface area contributed by atoms with Crippen LogP contribution in [0.3, 0.4) is 0 Å². The van der Waals surface area contributed by atoms with E-state index in [0.717, 1.165) is 12.5 Å². The van der Waals surface area contributed by atoms with E-state index in [9.17, 15) is 0 Å². The molecule has 1 aliphatic rings. The quantitative estimate of drug-likeness (QED) is 0.851. The Labute approximate surface area is 124 Å². The first-order chi connectivity index (χ1) is 9.58. The number of hydrogen-bond donors (Lipinski definition) is 1. The van der Waals surface area contributed by atoms with Gasteiger partial charge in [-0.15, -0.1) is 0 Å². The molecule has 0 radical (unpaired) electrons. The minimum atomic E-state index is 0.431. The molecule has 1 saturated carbocycles. The Hall–Kier alpha value is -0.860. The van der Waals surface area contributed by atoms with Crippen molar-refractivity contribution in [3.05, 3.63) is 34.9 Å². The number of hydrogen-bond acceptors (Lipinski definition) is 2. The van der Waals surface area contributed by atoms with Crippen LogP contribution in [0.25, 0.3) is 0 Å². The van der Waals surface area contributed by atoms with Gasteiger partial charge in [-0.05, 0) is 52.3 Å². The van der Waals surface area contributed by atoms with Crippen molar-refractivity contribution in [2.45, 2.75) is 45.6 Å². The molecule has 0 spiro atoms. The van der Waals surface area contributed by atoms with Gasteiger partial charge in [0.25, 0.3) is 0 Å². The predicted molar refractivity (Wildman–Crippen MR) is 87.2 cm³/mol. The smallest absolute Gasteiger partial charge is 0.0446 e. The molecule has 0 aliphatic heterocycles. The highest BCUT2D eigenvalue weighted by atomic mass is 15.1. The Kier molecular flexibility index (Phi) is 5.62. The summed E-state index contributed by atoms with van der Waals surface area (Å²) in [7, 11) is 4.34. The van der Waals surface area contributed by atoms with Crippen LogP contribution in [-0.4, -0.2) is 32.1 Å². The molecule has 0 heterocycles. The number of nitrogens with one attached hydrogen (secondary N) is 1. The van der Waals surface area contributed by atoms with E-state index in [1.54, 1.807) is 0 Å². The molecule has 1 atom stereocenters. The van der Waals surface area contributed by atoms with Crippen LogP contribution >= 0.6 is 0 Å². The maximum absolute atomic E-state index is 3.49. The SMILES string of the molecule is CNC(CN(C)CC1CCCC1)c1cc(C)cc(C)c1. The fourth-order valence-electron chi connectivity index (χ4n) is 3.59. The lowest BCUT2D eigenvalue weighted by atomic mass is 10.0. The molecule has 2 rings (SSSR count). The molecular formula is C18H30N2. The van der Waals surface area contributed by atoms with Gasteiger partial charge in [-0.2, -0.15) is 0 Å². The third-order valence-electron chi connectivity index (χ3n) is 4.53. The van der Waals surface area contributed by atoms with E-state index in [-0.39, 0.29) is 0 Å². The van der Waals surface area contributed by atoms with Gasteiger partial charge in [-0.1, -0.05) is 42.2 Å². The molecule has 1 fully saturated rings. The van der Waals surface area contributed by atoms with Crippen LogP contribution in [0.1, 0.15) is 48.4 Å². The average Bonchev–Trinajstić information content (AvgIpc) is 2.87. The summed E-state index contributed by atoms with van der Waals surface area (Å²) in [5.41, 5.74) is 4.14. The summed E-state index contributed by atoms with van der Waals surface area (Å²) >= 11 is 0. The molecule has 1 aromatic carbocycles. The number of aryl methyl sites for hydroxylation is 2. The highest BCUT2D eigenvalue weighted by Gasteiger charge is 2.19. The maximum atomic E-state index is 3.49. The second-order valence-electron chi connectivity index (χ2n) is 6.63. The molecule has 1 aliphatic carbocycles. The molecule has 0 bridgehead atoms. The zero-order valence-electron chi connectivity index (χ0n) is 13.6. The van der Waals surface area contributed by atoms with Crippen molar-refractivity contribution in [2.24, 2.45) is 5.92 Å². The Bertz CT molecular complexity index is 401. The van der Waals surface area contributed by atoms with E-state index < -0.39 is 0 Å². The first-order valence-corrected chi connectivity index (χ1v) is 8.02. The van der Waals surface area contributed by atoms with Crippen molar-refractivity contribution in [3.8, 4) is 0 Å². The Morgan fingerprint density at radius 3 is 2.30 bits per heavy atom. The summed E-state index contributed by atoms with van der Waals surface area (Å²) in [4.78, 5) is 2.51. The minimum Gasteiger partial charge on any atom is -0.312 e. The zero-order valence-corrected chi connectivity index (χ0v) is 13.6. The van der Waals surface area contributed by atoms with E-state index in [2.05, 4.69) is 56.4 Å². The van der Waals surface area contributed by atoms with Crippen molar-refractivity contribution >= 4 is 0 Å². The van der Waals surface area contributed by atoms with Crippen LogP contribution in [-0.2, 0) is 0 Å². The molecule has 112 valence electrons. The summed E-state index contributed by atoms with van der Waals surface area (Å²) in [6.07, 6.45) is 5.73. The highest BCUT2D eigenvalue weighted by Crippen LogP contribution is 2.26. The molecule has 0 amide bonds. The number of benzene rings is 1. The monoisotopic (exact) mass is 274 g/mol. The fourth-order valence-corrected chi connectivity index (χ4v) is 3.59. The summed E-state index contributed by atoms with van der Waals surface area (Å²) < 4.78 is 0. The first kappa shape index (κ1) is 15.5. The second kappa shape index (κ2) is 7.24. The highest BCUT2D eigenvalue weighted by molar-refractivity contribution is 5.30.